The Morgan fingerprint density at radius 3 is 2.20 bits per heavy atom. The number of para-hydroxylation sites is 1. The van der Waals surface area contributed by atoms with Crippen LogP contribution in [0.4, 0.5) is 0 Å². The Bertz CT molecular complexity index is 1240. The minimum absolute atomic E-state index is 0.000277. The molecular weight excluding hydrogens is 456 g/mol. The molecule has 0 aliphatic rings. The lowest BCUT2D eigenvalue weighted by Gasteiger charge is -2.29. The molecule has 0 saturated heterocycles. The van der Waals surface area contributed by atoms with Crippen molar-refractivity contribution >= 4 is 17.7 Å². The van der Waals surface area contributed by atoms with E-state index >= 15 is 0 Å². The van der Waals surface area contributed by atoms with Crippen LogP contribution in [0.1, 0.15) is 17.2 Å². The zero-order chi connectivity index (χ0) is 24.6. The molecule has 0 atom stereocenters. The van der Waals surface area contributed by atoms with E-state index < -0.39 is 0 Å². The number of aromatic nitrogens is 3. The molecule has 4 rings (SSSR count). The number of methoxy groups -OCH3 is 1. The quantitative estimate of drug-likeness (QED) is 0.220. The van der Waals surface area contributed by atoms with Gasteiger partial charge in [0.15, 0.2) is 11.0 Å². The highest BCUT2D eigenvalue weighted by Gasteiger charge is 2.24. The van der Waals surface area contributed by atoms with E-state index in [9.17, 15) is 4.79 Å². The van der Waals surface area contributed by atoms with Gasteiger partial charge in [0.25, 0.3) is 0 Å². The number of rotatable bonds is 10. The van der Waals surface area contributed by atoms with Crippen LogP contribution in [0.2, 0.25) is 0 Å². The summed E-state index contributed by atoms with van der Waals surface area (Å²) in [6, 6.07) is 27.6. The number of carbonyl (C=O) groups is 1. The van der Waals surface area contributed by atoms with E-state index in [0.717, 1.165) is 16.7 Å². The topological polar surface area (TPSA) is 60.2 Å². The molecule has 0 saturated carbocycles. The maximum Gasteiger partial charge on any atom is 0.233 e. The zero-order valence-corrected chi connectivity index (χ0v) is 20.7. The summed E-state index contributed by atoms with van der Waals surface area (Å²) in [6.45, 7) is 4.39. The summed E-state index contributed by atoms with van der Waals surface area (Å²) in [7, 11) is 3.48. The van der Waals surface area contributed by atoms with E-state index in [-0.39, 0.29) is 17.7 Å². The van der Waals surface area contributed by atoms with Gasteiger partial charge in [-0.25, -0.2) is 0 Å². The highest BCUT2D eigenvalue weighted by atomic mass is 32.2. The molecule has 7 heteroatoms. The monoisotopic (exact) mass is 484 g/mol. The minimum Gasteiger partial charge on any atom is -0.496 e. The van der Waals surface area contributed by atoms with Crippen LogP contribution in [-0.4, -0.2) is 45.5 Å². The molecule has 0 aliphatic carbocycles. The summed E-state index contributed by atoms with van der Waals surface area (Å²) >= 11 is 1.37. The molecule has 1 amide bonds. The predicted octanol–water partition coefficient (Wildman–Crippen LogP) is 5.48. The zero-order valence-electron chi connectivity index (χ0n) is 19.9. The van der Waals surface area contributed by atoms with Crippen LogP contribution in [0.15, 0.2) is 103 Å². The smallest absolute Gasteiger partial charge is 0.233 e. The van der Waals surface area contributed by atoms with E-state index in [1.807, 2.05) is 72.3 Å². The van der Waals surface area contributed by atoms with Gasteiger partial charge in [-0.15, -0.1) is 16.8 Å². The van der Waals surface area contributed by atoms with Crippen molar-refractivity contribution in [2.24, 2.45) is 0 Å². The van der Waals surface area contributed by atoms with Crippen molar-refractivity contribution in [2.45, 2.75) is 17.7 Å². The van der Waals surface area contributed by atoms with Crippen molar-refractivity contribution in [3.63, 3.8) is 0 Å². The number of amides is 1. The molecule has 0 spiro atoms. The van der Waals surface area contributed by atoms with E-state index in [1.54, 1.807) is 18.1 Å². The van der Waals surface area contributed by atoms with Crippen molar-refractivity contribution in [1.82, 2.24) is 19.7 Å². The molecule has 1 heterocycles. The summed E-state index contributed by atoms with van der Waals surface area (Å²) < 4.78 is 7.46. The third-order valence-electron chi connectivity index (χ3n) is 5.71. The fourth-order valence-electron chi connectivity index (χ4n) is 4.00. The van der Waals surface area contributed by atoms with Crippen molar-refractivity contribution in [3.05, 3.63) is 109 Å². The average Bonchev–Trinajstić information content (AvgIpc) is 3.31. The number of thioether (sulfide) groups is 1. The number of benzene rings is 3. The lowest BCUT2D eigenvalue weighted by atomic mass is 9.97. The SMILES string of the molecule is C=CCn1c(SCC(=O)N(C)C(c2ccccc2)c2ccccc2)nnc1-c1ccccc1OC. The minimum atomic E-state index is -0.180. The second-order valence-corrected chi connectivity index (χ2v) is 8.87. The summed E-state index contributed by atoms with van der Waals surface area (Å²) in [6.07, 6.45) is 1.79. The summed E-state index contributed by atoms with van der Waals surface area (Å²) in [5.74, 6) is 1.62. The molecule has 6 nitrogen and oxygen atoms in total. The highest BCUT2D eigenvalue weighted by Crippen LogP contribution is 2.32. The number of nitrogens with zero attached hydrogens (tertiary/aromatic N) is 4. The van der Waals surface area contributed by atoms with Gasteiger partial charge < -0.3 is 9.64 Å². The highest BCUT2D eigenvalue weighted by molar-refractivity contribution is 7.99. The van der Waals surface area contributed by atoms with Crippen LogP contribution in [-0.2, 0) is 11.3 Å². The van der Waals surface area contributed by atoms with Crippen molar-refractivity contribution in [2.75, 3.05) is 19.9 Å². The molecule has 4 aromatic rings. The predicted molar refractivity (Wildman–Crippen MR) is 140 cm³/mol. The molecule has 0 radical (unpaired) electrons. The van der Waals surface area contributed by atoms with Crippen LogP contribution in [0, 0.1) is 0 Å². The van der Waals surface area contributed by atoms with Crippen LogP contribution in [0.5, 0.6) is 5.75 Å². The Hall–Kier alpha value is -3.84. The van der Waals surface area contributed by atoms with Gasteiger partial charge >= 0.3 is 0 Å². The van der Waals surface area contributed by atoms with Gasteiger partial charge in [0.1, 0.15) is 5.75 Å². The number of ether oxygens (including phenoxy) is 1. The first-order valence-electron chi connectivity index (χ1n) is 11.3. The van der Waals surface area contributed by atoms with Crippen molar-refractivity contribution in [3.8, 4) is 17.1 Å². The molecular formula is C28H28N4O2S. The van der Waals surface area contributed by atoms with Crippen LogP contribution < -0.4 is 4.74 Å². The maximum absolute atomic E-state index is 13.4. The summed E-state index contributed by atoms with van der Waals surface area (Å²) in [5.41, 5.74) is 2.97. The molecule has 0 aliphatic heterocycles. The average molecular weight is 485 g/mol. The fourth-order valence-corrected chi connectivity index (χ4v) is 4.87. The Morgan fingerprint density at radius 1 is 1.00 bits per heavy atom. The largest absolute Gasteiger partial charge is 0.496 e. The molecule has 35 heavy (non-hydrogen) atoms. The third kappa shape index (κ3) is 5.46. The van der Waals surface area contributed by atoms with E-state index in [0.29, 0.717) is 23.3 Å². The first kappa shape index (κ1) is 24.3. The lowest BCUT2D eigenvalue weighted by molar-refractivity contribution is -0.128. The van der Waals surface area contributed by atoms with Gasteiger partial charge in [-0.2, -0.15) is 0 Å². The number of allylic oxidation sites excluding steroid dienone is 1. The van der Waals surface area contributed by atoms with Gasteiger partial charge in [0.05, 0.1) is 24.5 Å². The Kier molecular flexibility index (Phi) is 8.00. The van der Waals surface area contributed by atoms with Gasteiger partial charge in [-0.3, -0.25) is 9.36 Å². The second kappa shape index (κ2) is 11.5. The molecule has 1 aromatic heterocycles. The van der Waals surface area contributed by atoms with E-state index in [2.05, 4.69) is 41.0 Å². The summed E-state index contributed by atoms with van der Waals surface area (Å²) in [5, 5.41) is 9.44. The molecule has 178 valence electrons. The Labute approximate surface area is 210 Å². The molecule has 3 aromatic carbocycles. The van der Waals surface area contributed by atoms with Crippen LogP contribution >= 0.6 is 11.8 Å². The molecule has 0 bridgehead atoms. The van der Waals surface area contributed by atoms with Crippen molar-refractivity contribution in [1.29, 1.82) is 0 Å². The fraction of sp³-hybridized carbons (Fsp3) is 0.179. The Balaban J connectivity index is 1.57. The summed E-state index contributed by atoms with van der Waals surface area (Å²) in [4.78, 5) is 15.2. The number of carbonyl (C=O) groups excluding carboxylic acids is 1. The van der Waals surface area contributed by atoms with Gasteiger partial charge in [0.2, 0.25) is 5.91 Å². The molecule has 0 N–H and O–H groups in total. The number of hydrogen-bond donors (Lipinski definition) is 0. The van der Waals surface area contributed by atoms with Gasteiger partial charge in [0, 0.05) is 13.6 Å². The first-order chi connectivity index (χ1) is 17.1. The van der Waals surface area contributed by atoms with Crippen LogP contribution in [0.25, 0.3) is 11.4 Å². The Morgan fingerprint density at radius 2 is 1.60 bits per heavy atom. The van der Waals surface area contributed by atoms with Gasteiger partial charge in [-0.1, -0.05) is 90.6 Å². The van der Waals surface area contributed by atoms with Crippen LogP contribution in [0.3, 0.4) is 0 Å². The molecule has 0 fully saturated rings. The maximum atomic E-state index is 13.4. The lowest BCUT2D eigenvalue weighted by Crippen LogP contribution is -2.33. The third-order valence-corrected chi connectivity index (χ3v) is 6.66. The molecule has 0 unspecified atom stereocenters. The van der Waals surface area contributed by atoms with E-state index in [4.69, 9.17) is 4.74 Å². The van der Waals surface area contributed by atoms with E-state index in [1.165, 1.54) is 11.8 Å². The number of hydrogen-bond acceptors (Lipinski definition) is 5. The first-order valence-corrected chi connectivity index (χ1v) is 12.3. The van der Waals surface area contributed by atoms with Gasteiger partial charge in [-0.05, 0) is 23.3 Å². The second-order valence-electron chi connectivity index (χ2n) is 7.92. The normalized spacial score (nSPS) is 10.8. The van der Waals surface area contributed by atoms with Crippen molar-refractivity contribution < 1.29 is 9.53 Å². The standard InChI is InChI=1S/C28H28N4O2S/c1-4-19-32-27(23-17-11-12-18-24(23)34-3)29-30-28(32)35-20-25(33)31(2)26(21-13-7-5-8-14-21)22-15-9-6-10-16-22/h4-18,26H,1,19-20H2,2-3H3.